The van der Waals surface area contributed by atoms with Crippen molar-refractivity contribution in [2.24, 2.45) is 5.73 Å². The normalized spacial score (nSPS) is 14.8. The van der Waals surface area contributed by atoms with Crippen LogP contribution in [0.1, 0.15) is 36.1 Å². The maximum absolute atomic E-state index is 12.1. The fourth-order valence-corrected chi connectivity index (χ4v) is 2.18. The second kappa shape index (κ2) is 5.68. The van der Waals surface area contributed by atoms with Crippen molar-refractivity contribution in [3.63, 3.8) is 0 Å². The molecule has 0 aromatic carbocycles. The van der Waals surface area contributed by atoms with Crippen LogP contribution in [-0.4, -0.2) is 23.6 Å². The summed E-state index contributed by atoms with van der Waals surface area (Å²) in [6.07, 6.45) is -1.65. The molecule has 4 nitrogen and oxygen atoms in total. The van der Waals surface area contributed by atoms with Crippen molar-refractivity contribution in [3.05, 3.63) is 22.9 Å². The summed E-state index contributed by atoms with van der Waals surface area (Å²) in [5.41, 5.74) is 7.56. The van der Waals surface area contributed by atoms with E-state index < -0.39 is 19.2 Å². The zero-order valence-corrected chi connectivity index (χ0v) is 10.9. The molecule has 0 fully saturated rings. The van der Waals surface area contributed by atoms with E-state index in [-0.39, 0.29) is 17.3 Å². The SMILES string of the molecule is N=C(N)c1cc2c(nc1OCCC(F)(F)F)CCCC2. The fraction of sp³-hybridized carbons (Fsp3) is 0.538. The fourth-order valence-electron chi connectivity index (χ4n) is 2.18. The Morgan fingerprint density at radius 1 is 1.35 bits per heavy atom. The highest BCUT2D eigenvalue weighted by Crippen LogP contribution is 2.26. The molecule has 1 aliphatic carbocycles. The van der Waals surface area contributed by atoms with Crippen LogP contribution in [0.15, 0.2) is 6.07 Å². The van der Waals surface area contributed by atoms with Gasteiger partial charge in [-0.15, -0.1) is 0 Å². The molecule has 0 unspecified atom stereocenters. The van der Waals surface area contributed by atoms with Gasteiger partial charge in [-0.25, -0.2) is 4.98 Å². The van der Waals surface area contributed by atoms with Crippen LogP contribution in [-0.2, 0) is 12.8 Å². The third-order valence-corrected chi connectivity index (χ3v) is 3.18. The molecule has 0 saturated carbocycles. The molecule has 0 amide bonds. The zero-order chi connectivity index (χ0) is 14.8. The maximum atomic E-state index is 12.1. The highest BCUT2D eigenvalue weighted by molar-refractivity contribution is 5.97. The molecule has 1 aromatic rings. The molecule has 0 saturated heterocycles. The number of fused-ring (bicyclic) bond motifs is 1. The first kappa shape index (κ1) is 14.6. The summed E-state index contributed by atoms with van der Waals surface area (Å²) in [7, 11) is 0. The van der Waals surface area contributed by atoms with E-state index in [4.69, 9.17) is 15.9 Å². The molecule has 110 valence electrons. The number of amidine groups is 1. The summed E-state index contributed by atoms with van der Waals surface area (Å²) in [6, 6.07) is 1.72. The summed E-state index contributed by atoms with van der Waals surface area (Å²) in [4.78, 5) is 4.24. The number of nitrogens with zero attached hydrogens (tertiary/aromatic N) is 1. The minimum absolute atomic E-state index is 0.0300. The van der Waals surface area contributed by atoms with Gasteiger partial charge in [0, 0.05) is 5.69 Å². The maximum Gasteiger partial charge on any atom is 0.392 e. The third kappa shape index (κ3) is 3.61. The summed E-state index contributed by atoms with van der Waals surface area (Å²) < 4.78 is 41.5. The first-order valence-electron chi connectivity index (χ1n) is 6.43. The Kier molecular flexibility index (Phi) is 4.15. The molecule has 0 radical (unpaired) electrons. The van der Waals surface area contributed by atoms with Gasteiger partial charge in [0.1, 0.15) is 5.84 Å². The van der Waals surface area contributed by atoms with Crippen LogP contribution in [0.2, 0.25) is 0 Å². The smallest absolute Gasteiger partial charge is 0.392 e. The molecule has 0 bridgehead atoms. The van der Waals surface area contributed by atoms with E-state index in [1.54, 1.807) is 6.07 Å². The number of halogens is 3. The molecular weight excluding hydrogens is 271 g/mol. The Morgan fingerprint density at radius 3 is 2.70 bits per heavy atom. The number of ether oxygens (including phenoxy) is 1. The van der Waals surface area contributed by atoms with Crippen LogP contribution >= 0.6 is 0 Å². The number of hydrogen-bond acceptors (Lipinski definition) is 3. The summed E-state index contributed by atoms with van der Waals surface area (Å²) in [6.45, 7) is -0.518. The summed E-state index contributed by atoms with van der Waals surface area (Å²) >= 11 is 0. The van der Waals surface area contributed by atoms with Crippen LogP contribution in [0, 0.1) is 5.41 Å². The Hall–Kier alpha value is -1.79. The average Bonchev–Trinajstić information content (AvgIpc) is 2.36. The van der Waals surface area contributed by atoms with E-state index >= 15 is 0 Å². The van der Waals surface area contributed by atoms with Gasteiger partial charge in [-0.3, -0.25) is 5.41 Å². The molecule has 2 rings (SSSR count). The van der Waals surface area contributed by atoms with Crippen LogP contribution in [0.4, 0.5) is 13.2 Å². The van der Waals surface area contributed by atoms with Crippen molar-refractivity contribution < 1.29 is 17.9 Å². The first-order valence-corrected chi connectivity index (χ1v) is 6.43. The number of nitrogen functional groups attached to an aromatic ring is 1. The molecule has 1 aliphatic rings. The van der Waals surface area contributed by atoms with E-state index in [0.717, 1.165) is 36.9 Å². The van der Waals surface area contributed by atoms with Crippen LogP contribution in [0.3, 0.4) is 0 Å². The molecule has 20 heavy (non-hydrogen) atoms. The van der Waals surface area contributed by atoms with Crippen molar-refractivity contribution in [2.75, 3.05) is 6.61 Å². The molecule has 3 N–H and O–H groups in total. The molecular formula is C13H16F3N3O. The minimum atomic E-state index is -4.27. The van der Waals surface area contributed by atoms with Gasteiger partial charge in [0.25, 0.3) is 0 Å². The van der Waals surface area contributed by atoms with Crippen molar-refractivity contribution in [1.82, 2.24) is 4.98 Å². The number of aryl methyl sites for hydroxylation is 2. The lowest BCUT2D eigenvalue weighted by atomic mass is 9.95. The van der Waals surface area contributed by atoms with Crippen LogP contribution < -0.4 is 10.5 Å². The summed E-state index contributed by atoms with van der Waals surface area (Å²) in [5.74, 6) is -0.213. The van der Waals surface area contributed by atoms with Gasteiger partial charge in [-0.05, 0) is 37.3 Å². The number of nitrogens with two attached hydrogens (primary N) is 1. The molecule has 0 aliphatic heterocycles. The highest BCUT2D eigenvalue weighted by atomic mass is 19.4. The lowest BCUT2D eigenvalue weighted by Gasteiger charge is -2.18. The number of alkyl halides is 3. The first-order chi connectivity index (χ1) is 9.37. The standard InChI is InChI=1S/C13H16F3N3O/c14-13(15,16)5-6-20-12-9(11(17)18)7-8-3-1-2-4-10(8)19-12/h7H,1-6H2,(H3,17,18). The van der Waals surface area contributed by atoms with Gasteiger partial charge in [0.2, 0.25) is 5.88 Å². The average molecular weight is 287 g/mol. The van der Waals surface area contributed by atoms with Gasteiger partial charge in [0.05, 0.1) is 18.6 Å². The van der Waals surface area contributed by atoms with Gasteiger partial charge >= 0.3 is 6.18 Å². The van der Waals surface area contributed by atoms with Gasteiger partial charge < -0.3 is 10.5 Å². The second-order valence-corrected chi connectivity index (χ2v) is 4.78. The van der Waals surface area contributed by atoms with E-state index in [1.165, 1.54) is 0 Å². The van der Waals surface area contributed by atoms with Gasteiger partial charge in [-0.1, -0.05) is 0 Å². The van der Waals surface area contributed by atoms with Crippen molar-refractivity contribution >= 4 is 5.84 Å². The third-order valence-electron chi connectivity index (χ3n) is 3.18. The van der Waals surface area contributed by atoms with E-state index in [1.807, 2.05) is 0 Å². The number of nitrogens with one attached hydrogen (secondary N) is 1. The minimum Gasteiger partial charge on any atom is -0.477 e. The highest BCUT2D eigenvalue weighted by Gasteiger charge is 2.27. The molecule has 1 heterocycles. The van der Waals surface area contributed by atoms with Crippen molar-refractivity contribution in [2.45, 2.75) is 38.3 Å². The van der Waals surface area contributed by atoms with Crippen molar-refractivity contribution in [1.29, 1.82) is 5.41 Å². The van der Waals surface area contributed by atoms with Crippen LogP contribution in [0.25, 0.3) is 0 Å². The molecule has 0 atom stereocenters. The van der Waals surface area contributed by atoms with Crippen molar-refractivity contribution in [3.8, 4) is 5.88 Å². The Morgan fingerprint density at radius 2 is 2.05 bits per heavy atom. The number of rotatable bonds is 4. The van der Waals surface area contributed by atoms with E-state index in [9.17, 15) is 13.2 Å². The number of pyridine rings is 1. The Balaban J connectivity index is 2.19. The number of aromatic nitrogens is 1. The van der Waals surface area contributed by atoms with Gasteiger partial charge in [-0.2, -0.15) is 13.2 Å². The predicted molar refractivity (Wildman–Crippen MR) is 68.1 cm³/mol. The lowest BCUT2D eigenvalue weighted by molar-refractivity contribution is -0.139. The summed E-state index contributed by atoms with van der Waals surface area (Å²) in [5, 5.41) is 7.49. The zero-order valence-electron chi connectivity index (χ0n) is 10.9. The quantitative estimate of drug-likeness (QED) is 0.660. The van der Waals surface area contributed by atoms with Gasteiger partial charge in [0.15, 0.2) is 0 Å². The predicted octanol–water partition coefficient (Wildman–Crippen LogP) is 2.58. The van der Waals surface area contributed by atoms with E-state index in [0.29, 0.717) is 0 Å². The molecule has 0 spiro atoms. The monoisotopic (exact) mass is 287 g/mol. The lowest BCUT2D eigenvalue weighted by Crippen LogP contribution is -2.19. The second-order valence-electron chi connectivity index (χ2n) is 4.78. The Bertz CT molecular complexity index is 514. The molecule has 1 aromatic heterocycles. The topological polar surface area (TPSA) is 72.0 Å². The molecule has 7 heteroatoms. The van der Waals surface area contributed by atoms with Crippen LogP contribution in [0.5, 0.6) is 5.88 Å². The largest absolute Gasteiger partial charge is 0.477 e. The Labute approximate surface area is 114 Å². The number of hydrogen-bond donors (Lipinski definition) is 2. The van der Waals surface area contributed by atoms with E-state index in [2.05, 4.69) is 4.98 Å².